The Labute approximate surface area is 169 Å². The molecule has 1 saturated heterocycles. The number of rotatable bonds is 5. The number of aryl methyl sites for hydroxylation is 1. The Bertz CT molecular complexity index is 1090. The second-order valence-electron chi connectivity index (χ2n) is 6.80. The molecule has 152 valence electrons. The maximum Gasteiger partial charge on any atom is 0.311 e. The minimum Gasteiger partial charge on any atom is -0.459 e. The lowest BCUT2D eigenvalue weighted by Crippen LogP contribution is -2.42. The van der Waals surface area contributed by atoms with Gasteiger partial charge in [0, 0.05) is 19.2 Å². The number of nitrogens with zero attached hydrogens (tertiary/aromatic N) is 4. The Hall–Kier alpha value is -3.01. The smallest absolute Gasteiger partial charge is 0.311 e. The van der Waals surface area contributed by atoms with Gasteiger partial charge in [-0.15, -0.1) is 0 Å². The van der Waals surface area contributed by atoms with Gasteiger partial charge in [-0.05, 0) is 31.4 Å². The third kappa shape index (κ3) is 4.07. The largest absolute Gasteiger partial charge is 0.459 e. The van der Waals surface area contributed by atoms with Crippen molar-refractivity contribution < 1.29 is 18.7 Å². The van der Waals surface area contributed by atoms with Crippen LogP contribution in [0.15, 0.2) is 33.7 Å². The van der Waals surface area contributed by atoms with E-state index in [-0.39, 0.29) is 30.4 Å². The Balaban J connectivity index is 1.39. The van der Waals surface area contributed by atoms with Crippen LogP contribution < -0.4 is 5.56 Å². The van der Waals surface area contributed by atoms with E-state index < -0.39 is 11.9 Å². The number of hydrogen-bond donors (Lipinski definition) is 0. The highest BCUT2D eigenvalue weighted by Gasteiger charge is 2.31. The molecule has 1 aliphatic rings. The lowest BCUT2D eigenvalue weighted by molar-refractivity contribution is -0.151. The van der Waals surface area contributed by atoms with Crippen molar-refractivity contribution >= 4 is 28.2 Å². The number of carbonyl (C=O) groups is 2. The van der Waals surface area contributed by atoms with Gasteiger partial charge in [0.15, 0.2) is 5.76 Å². The molecule has 1 atom stereocenters. The van der Waals surface area contributed by atoms with Gasteiger partial charge in [0.1, 0.15) is 11.6 Å². The van der Waals surface area contributed by atoms with E-state index >= 15 is 0 Å². The predicted molar refractivity (Wildman–Crippen MR) is 104 cm³/mol. The molecule has 9 nitrogen and oxygen atoms in total. The van der Waals surface area contributed by atoms with Crippen LogP contribution in [0, 0.1) is 5.92 Å². The highest BCUT2D eigenvalue weighted by atomic mass is 32.1. The molecular formula is C19H20N4O5S. The SMILES string of the molecule is CCc1nn2c(=O)cc(COC(=O)[C@H]3CCCN(C(=O)c4ccco4)C3)nc2s1. The fourth-order valence-electron chi connectivity index (χ4n) is 3.29. The maximum atomic E-state index is 12.5. The van der Waals surface area contributed by atoms with Crippen LogP contribution in [0.1, 0.15) is 41.0 Å². The Morgan fingerprint density at radius 1 is 1.41 bits per heavy atom. The van der Waals surface area contributed by atoms with Gasteiger partial charge in [-0.1, -0.05) is 18.3 Å². The molecule has 1 fully saturated rings. The summed E-state index contributed by atoms with van der Waals surface area (Å²) in [5, 5.41) is 5.01. The first-order valence-electron chi connectivity index (χ1n) is 9.43. The zero-order chi connectivity index (χ0) is 20.4. The van der Waals surface area contributed by atoms with Crippen LogP contribution in [0.4, 0.5) is 0 Å². The van der Waals surface area contributed by atoms with Crippen LogP contribution in [0.25, 0.3) is 4.96 Å². The average molecular weight is 416 g/mol. The standard InChI is InChI=1S/C19H20N4O5S/c1-2-15-21-23-16(24)9-13(20-19(23)29-15)11-28-18(26)12-5-3-7-22(10-12)17(25)14-6-4-8-27-14/h4,6,8-9,12H,2-3,5,7,10-11H2,1H3/t12-/m0/s1. The van der Waals surface area contributed by atoms with Crippen molar-refractivity contribution in [2.45, 2.75) is 32.8 Å². The summed E-state index contributed by atoms with van der Waals surface area (Å²) in [7, 11) is 0. The number of furan rings is 1. The van der Waals surface area contributed by atoms with Gasteiger partial charge in [-0.2, -0.15) is 9.61 Å². The third-order valence-electron chi connectivity index (χ3n) is 4.78. The molecule has 4 rings (SSSR count). The van der Waals surface area contributed by atoms with Crippen LogP contribution in [-0.2, 0) is 22.6 Å². The van der Waals surface area contributed by atoms with E-state index in [1.807, 2.05) is 6.92 Å². The summed E-state index contributed by atoms with van der Waals surface area (Å²) >= 11 is 1.34. The van der Waals surface area contributed by atoms with E-state index in [1.54, 1.807) is 17.0 Å². The summed E-state index contributed by atoms with van der Waals surface area (Å²) in [5.41, 5.74) is 0.0823. The molecule has 4 heterocycles. The van der Waals surface area contributed by atoms with E-state index in [4.69, 9.17) is 9.15 Å². The van der Waals surface area contributed by atoms with Crippen molar-refractivity contribution in [3.63, 3.8) is 0 Å². The molecule has 1 amide bonds. The Morgan fingerprint density at radius 3 is 3.03 bits per heavy atom. The van der Waals surface area contributed by atoms with Crippen molar-refractivity contribution in [3.8, 4) is 0 Å². The molecule has 0 aromatic carbocycles. The average Bonchev–Trinajstić information content (AvgIpc) is 3.41. The minimum atomic E-state index is -0.414. The quantitative estimate of drug-likeness (QED) is 0.585. The number of piperidine rings is 1. The monoisotopic (exact) mass is 416 g/mol. The van der Waals surface area contributed by atoms with Crippen molar-refractivity contribution in [2.24, 2.45) is 5.92 Å². The first kappa shape index (κ1) is 19.3. The number of ether oxygens (including phenoxy) is 1. The number of esters is 1. The molecule has 0 bridgehead atoms. The summed E-state index contributed by atoms with van der Waals surface area (Å²) < 4.78 is 11.8. The maximum absolute atomic E-state index is 12.5. The van der Waals surface area contributed by atoms with Crippen LogP contribution in [0.2, 0.25) is 0 Å². The number of likely N-dealkylation sites (tertiary alicyclic amines) is 1. The summed E-state index contributed by atoms with van der Waals surface area (Å²) in [4.78, 5) is 43.6. The van der Waals surface area contributed by atoms with Crippen LogP contribution >= 0.6 is 11.3 Å². The first-order valence-corrected chi connectivity index (χ1v) is 10.2. The Kier molecular flexibility index (Phi) is 5.43. The molecule has 0 radical (unpaired) electrons. The topological polar surface area (TPSA) is 107 Å². The number of fused-ring (bicyclic) bond motifs is 1. The lowest BCUT2D eigenvalue weighted by atomic mass is 9.98. The van der Waals surface area contributed by atoms with Crippen LogP contribution in [0.3, 0.4) is 0 Å². The third-order valence-corrected chi connectivity index (χ3v) is 5.83. The minimum absolute atomic E-state index is 0.0907. The van der Waals surface area contributed by atoms with Gasteiger partial charge in [0.2, 0.25) is 4.96 Å². The molecule has 3 aromatic rings. The van der Waals surface area contributed by atoms with E-state index in [9.17, 15) is 14.4 Å². The molecule has 29 heavy (non-hydrogen) atoms. The van der Waals surface area contributed by atoms with E-state index in [1.165, 1.54) is 28.2 Å². The molecular weight excluding hydrogens is 396 g/mol. The lowest BCUT2D eigenvalue weighted by Gasteiger charge is -2.30. The molecule has 0 saturated carbocycles. The molecule has 0 unspecified atom stereocenters. The summed E-state index contributed by atoms with van der Waals surface area (Å²) in [6.45, 7) is 2.72. The summed E-state index contributed by atoms with van der Waals surface area (Å²) in [5.74, 6) is -0.789. The fraction of sp³-hybridized carbons (Fsp3) is 0.421. The van der Waals surface area contributed by atoms with Crippen molar-refractivity contribution in [1.82, 2.24) is 19.5 Å². The summed E-state index contributed by atoms with van der Waals surface area (Å²) in [6, 6.07) is 4.59. The normalized spacial score (nSPS) is 16.9. The van der Waals surface area contributed by atoms with Crippen molar-refractivity contribution in [3.05, 3.63) is 51.3 Å². The van der Waals surface area contributed by atoms with E-state index in [0.717, 1.165) is 5.01 Å². The molecule has 3 aromatic heterocycles. The molecule has 0 aliphatic carbocycles. The number of carbonyl (C=O) groups excluding carboxylic acids is 2. The number of aromatic nitrogens is 3. The van der Waals surface area contributed by atoms with Gasteiger partial charge in [0.25, 0.3) is 11.5 Å². The van der Waals surface area contributed by atoms with Gasteiger partial charge < -0.3 is 14.1 Å². The van der Waals surface area contributed by atoms with Gasteiger partial charge in [0.05, 0.1) is 17.9 Å². The molecule has 0 spiro atoms. The zero-order valence-corrected chi connectivity index (χ0v) is 16.7. The molecule has 0 N–H and O–H groups in total. The van der Waals surface area contributed by atoms with Crippen LogP contribution in [0.5, 0.6) is 0 Å². The van der Waals surface area contributed by atoms with Crippen LogP contribution in [-0.4, -0.2) is 44.5 Å². The van der Waals surface area contributed by atoms with E-state index in [2.05, 4.69) is 10.1 Å². The van der Waals surface area contributed by atoms with Crippen molar-refractivity contribution in [2.75, 3.05) is 13.1 Å². The highest BCUT2D eigenvalue weighted by molar-refractivity contribution is 7.16. The fourth-order valence-corrected chi connectivity index (χ4v) is 4.14. The van der Waals surface area contributed by atoms with Gasteiger partial charge >= 0.3 is 5.97 Å². The zero-order valence-electron chi connectivity index (χ0n) is 15.9. The van der Waals surface area contributed by atoms with E-state index in [0.29, 0.717) is 36.5 Å². The second kappa shape index (κ2) is 8.16. The molecule has 1 aliphatic heterocycles. The predicted octanol–water partition coefficient (Wildman–Crippen LogP) is 1.90. The van der Waals surface area contributed by atoms with Gasteiger partial charge in [-0.3, -0.25) is 14.4 Å². The number of hydrogen-bond acceptors (Lipinski definition) is 8. The van der Waals surface area contributed by atoms with Gasteiger partial charge in [-0.25, -0.2) is 4.98 Å². The summed E-state index contributed by atoms with van der Waals surface area (Å²) in [6.07, 6.45) is 3.51. The second-order valence-corrected chi connectivity index (χ2v) is 7.85. The number of amides is 1. The highest BCUT2D eigenvalue weighted by Crippen LogP contribution is 2.21. The molecule has 10 heteroatoms. The first-order chi connectivity index (χ1) is 14.0. The van der Waals surface area contributed by atoms with Crippen molar-refractivity contribution in [1.29, 1.82) is 0 Å². The Morgan fingerprint density at radius 2 is 2.28 bits per heavy atom.